The lowest BCUT2D eigenvalue weighted by Crippen LogP contribution is -2.59. The maximum Gasteiger partial charge on any atom is 0.329 e. The molecule has 1 amide bonds. The van der Waals surface area contributed by atoms with Gasteiger partial charge in [-0.05, 0) is 31.4 Å². The molecule has 2 aromatic rings. The van der Waals surface area contributed by atoms with Crippen molar-refractivity contribution in [3.63, 3.8) is 0 Å². The Morgan fingerprint density at radius 3 is 2.57 bits per heavy atom. The standard InChI is InChI=1S/C15H13NO5/c17-10-8-12(21-11-5-2-1-4-9(10)11)13(18)16-15(14(19)20)6-3-7-15/h1-2,4-5,8H,3,6-7H2,(H,16,18)(H,19,20). The van der Waals surface area contributed by atoms with Crippen LogP contribution in [-0.4, -0.2) is 22.5 Å². The fourth-order valence-electron chi connectivity index (χ4n) is 2.42. The summed E-state index contributed by atoms with van der Waals surface area (Å²) >= 11 is 0. The highest BCUT2D eigenvalue weighted by molar-refractivity contribution is 5.97. The molecule has 1 fully saturated rings. The van der Waals surface area contributed by atoms with E-state index in [-0.39, 0.29) is 11.2 Å². The van der Waals surface area contributed by atoms with Gasteiger partial charge in [-0.25, -0.2) is 4.79 Å². The molecule has 108 valence electrons. The Hall–Kier alpha value is -2.63. The zero-order valence-corrected chi connectivity index (χ0v) is 11.1. The van der Waals surface area contributed by atoms with Gasteiger partial charge in [0.1, 0.15) is 11.1 Å². The quantitative estimate of drug-likeness (QED) is 0.892. The Morgan fingerprint density at radius 2 is 1.95 bits per heavy atom. The van der Waals surface area contributed by atoms with Crippen molar-refractivity contribution in [3.8, 4) is 0 Å². The van der Waals surface area contributed by atoms with E-state index in [0.717, 1.165) is 12.5 Å². The van der Waals surface area contributed by atoms with Crippen molar-refractivity contribution in [1.29, 1.82) is 0 Å². The molecule has 1 heterocycles. The molecule has 1 aromatic carbocycles. The number of fused-ring (bicyclic) bond motifs is 1. The Kier molecular flexibility index (Phi) is 3.01. The first-order valence-corrected chi connectivity index (χ1v) is 6.61. The van der Waals surface area contributed by atoms with Gasteiger partial charge in [0, 0.05) is 6.07 Å². The average Bonchev–Trinajstić information content (AvgIpc) is 2.42. The second kappa shape index (κ2) is 4.73. The van der Waals surface area contributed by atoms with Gasteiger partial charge < -0.3 is 14.8 Å². The molecule has 21 heavy (non-hydrogen) atoms. The zero-order valence-electron chi connectivity index (χ0n) is 11.1. The van der Waals surface area contributed by atoms with Gasteiger partial charge in [-0.3, -0.25) is 9.59 Å². The summed E-state index contributed by atoms with van der Waals surface area (Å²) in [5.41, 5.74) is -1.27. The van der Waals surface area contributed by atoms with Crippen LogP contribution in [0.4, 0.5) is 0 Å². The Labute approximate surface area is 119 Å². The number of hydrogen-bond donors (Lipinski definition) is 2. The van der Waals surface area contributed by atoms with E-state index in [0.29, 0.717) is 23.8 Å². The molecule has 0 aliphatic heterocycles. The summed E-state index contributed by atoms with van der Waals surface area (Å²) in [5.74, 6) is -1.92. The number of carbonyl (C=O) groups is 2. The third kappa shape index (κ3) is 2.18. The first-order valence-electron chi connectivity index (χ1n) is 6.61. The number of carbonyl (C=O) groups excluding carboxylic acids is 1. The summed E-state index contributed by atoms with van der Waals surface area (Å²) in [5, 5.41) is 12.0. The minimum absolute atomic E-state index is 0.175. The topological polar surface area (TPSA) is 96.6 Å². The van der Waals surface area contributed by atoms with Crippen LogP contribution in [0.1, 0.15) is 29.8 Å². The van der Waals surface area contributed by atoms with Crippen molar-refractivity contribution in [3.05, 3.63) is 46.3 Å². The Morgan fingerprint density at radius 1 is 1.24 bits per heavy atom. The molecule has 1 aromatic heterocycles. The second-order valence-electron chi connectivity index (χ2n) is 5.17. The smallest absolute Gasteiger partial charge is 0.329 e. The van der Waals surface area contributed by atoms with Crippen molar-refractivity contribution in [2.45, 2.75) is 24.8 Å². The molecule has 6 heteroatoms. The lowest BCUT2D eigenvalue weighted by atomic mass is 9.76. The molecule has 3 rings (SSSR count). The number of amides is 1. The van der Waals surface area contributed by atoms with E-state index in [1.807, 2.05) is 0 Å². The van der Waals surface area contributed by atoms with Crippen molar-refractivity contribution >= 4 is 22.8 Å². The van der Waals surface area contributed by atoms with Crippen molar-refractivity contribution in [2.24, 2.45) is 0 Å². The molecule has 0 radical (unpaired) electrons. The van der Waals surface area contributed by atoms with Gasteiger partial charge in [0.2, 0.25) is 0 Å². The summed E-state index contributed by atoms with van der Waals surface area (Å²) in [7, 11) is 0. The molecule has 2 N–H and O–H groups in total. The summed E-state index contributed by atoms with van der Waals surface area (Å²) < 4.78 is 5.39. The van der Waals surface area contributed by atoms with Crippen LogP contribution in [0.25, 0.3) is 11.0 Å². The van der Waals surface area contributed by atoms with Gasteiger partial charge in [0.15, 0.2) is 11.2 Å². The summed E-state index contributed by atoms with van der Waals surface area (Å²) in [6.45, 7) is 0. The van der Waals surface area contributed by atoms with Gasteiger partial charge >= 0.3 is 5.97 Å². The molecule has 1 saturated carbocycles. The van der Waals surface area contributed by atoms with E-state index in [1.54, 1.807) is 24.3 Å². The van der Waals surface area contributed by atoms with Crippen LogP contribution in [0.5, 0.6) is 0 Å². The summed E-state index contributed by atoms with van der Waals surface area (Å²) in [4.78, 5) is 35.3. The molecular formula is C15H13NO5. The summed E-state index contributed by atoms with van der Waals surface area (Å²) in [6, 6.07) is 7.67. The van der Waals surface area contributed by atoms with Crippen molar-refractivity contribution in [1.82, 2.24) is 5.32 Å². The third-order valence-electron chi connectivity index (χ3n) is 3.83. The fourth-order valence-corrected chi connectivity index (χ4v) is 2.42. The number of nitrogens with one attached hydrogen (secondary N) is 1. The molecule has 6 nitrogen and oxygen atoms in total. The molecule has 0 atom stereocenters. The molecule has 0 spiro atoms. The van der Waals surface area contributed by atoms with Crippen molar-refractivity contribution in [2.75, 3.05) is 0 Å². The van der Waals surface area contributed by atoms with Crippen LogP contribution in [0.2, 0.25) is 0 Å². The zero-order chi connectivity index (χ0) is 15.0. The van der Waals surface area contributed by atoms with Gasteiger partial charge in [-0.1, -0.05) is 12.1 Å². The minimum Gasteiger partial charge on any atom is -0.480 e. The Balaban J connectivity index is 1.95. The number of hydrogen-bond acceptors (Lipinski definition) is 4. The van der Waals surface area contributed by atoms with Crippen LogP contribution >= 0.6 is 0 Å². The van der Waals surface area contributed by atoms with Crippen LogP contribution < -0.4 is 10.7 Å². The predicted octanol–water partition coefficient (Wildman–Crippen LogP) is 1.53. The highest BCUT2D eigenvalue weighted by Crippen LogP contribution is 2.32. The van der Waals surface area contributed by atoms with Crippen LogP contribution in [0, 0.1) is 0 Å². The SMILES string of the molecule is O=C(NC1(C(=O)O)CCC1)c1cc(=O)c2ccccc2o1. The first kappa shape index (κ1) is 13.4. The lowest BCUT2D eigenvalue weighted by Gasteiger charge is -2.37. The monoisotopic (exact) mass is 287 g/mol. The molecular weight excluding hydrogens is 274 g/mol. The number of para-hydroxylation sites is 1. The van der Waals surface area contributed by atoms with Gasteiger partial charge in [-0.2, -0.15) is 0 Å². The number of rotatable bonds is 3. The number of benzene rings is 1. The van der Waals surface area contributed by atoms with Crippen LogP contribution in [0.15, 0.2) is 39.5 Å². The van der Waals surface area contributed by atoms with E-state index in [2.05, 4.69) is 5.32 Å². The molecule has 1 aliphatic rings. The maximum absolute atomic E-state index is 12.1. The van der Waals surface area contributed by atoms with E-state index in [1.165, 1.54) is 0 Å². The highest BCUT2D eigenvalue weighted by atomic mass is 16.4. The second-order valence-corrected chi connectivity index (χ2v) is 5.17. The summed E-state index contributed by atoms with van der Waals surface area (Å²) in [6.07, 6.45) is 1.51. The fraction of sp³-hybridized carbons (Fsp3) is 0.267. The van der Waals surface area contributed by atoms with Crippen molar-refractivity contribution < 1.29 is 19.1 Å². The van der Waals surface area contributed by atoms with Crippen LogP contribution in [-0.2, 0) is 4.79 Å². The number of carboxylic acid groups (broad SMARTS) is 1. The van der Waals surface area contributed by atoms with Gasteiger partial charge in [0.05, 0.1) is 5.39 Å². The first-order chi connectivity index (χ1) is 10.0. The Bertz CT molecular complexity index is 788. The van der Waals surface area contributed by atoms with Crippen LogP contribution in [0.3, 0.4) is 0 Å². The predicted molar refractivity (Wildman–Crippen MR) is 74.2 cm³/mol. The van der Waals surface area contributed by atoms with E-state index < -0.39 is 17.4 Å². The molecule has 0 saturated heterocycles. The van der Waals surface area contributed by atoms with E-state index >= 15 is 0 Å². The normalized spacial score (nSPS) is 16.2. The number of aliphatic carboxylic acids is 1. The minimum atomic E-state index is -1.23. The molecule has 0 bridgehead atoms. The van der Waals surface area contributed by atoms with E-state index in [9.17, 15) is 19.5 Å². The maximum atomic E-state index is 12.1. The lowest BCUT2D eigenvalue weighted by molar-refractivity contribution is -0.148. The number of carboxylic acids is 1. The largest absolute Gasteiger partial charge is 0.480 e. The van der Waals surface area contributed by atoms with Gasteiger partial charge in [0.25, 0.3) is 5.91 Å². The highest BCUT2D eigenvalue weighted by Gasteiger charge is 2.46. The van der Waals surface area contributed by atoms with Gasteiger partial charge in [-0.15, -0.1) is 0 Å². The molecule has 1 aliphatic carbocycles. The van der Waals surface area contributed by atoms with E-state index in [4.69, 9.17) is 4.42 Å². The molecule has 0 unspecified atom stereocenters. The average molecular weight is 287 g/mol. The third-order valence-corrected chi connectivity index (χ3v) is 3.83.